The van der Waals surface area contributed by atoms with Crippen LogP contribution in [0.15, 0.2) is 17.0 Å². The second-order valence-corrected chi connectivity index (χ2v) is 5.48. The van der Waals surface area contributed by atoms with Crippen LogP contribution in [-0.2, 0) is 0 Å². The molecule has 0 aliphatic rings. The molecule has 1 rings (SSSR count). The van der Waals surface area contributed by atoms with Gasteiger partial charge >= 0.3 is 0 Å². The molecule has 1 atom stereocenters. The van der Waals surface area contributed by atoms with Gasteiger partial charge in [0, 0.05) is 16.3 Å². The molecule has 0 aromatic heterocycles. The number of rotatable bonds is 4. The Labute approximate surface area is 105 Å². The van der Waals surface area contributed by atoms with Crippen molar-refractivity contribution >= 4 is 40.7 Å². The number of thioether (sulfide) groups is 1. The summed E-state index contributed by atoms with van der Waals surface area (Å²) >= 11 is 13.8. The second-order valence-electron chi connectivity index (χ2n) is 3.64. The van der Waals surface area contributed by atoms with Crippen molar-refractivity contribution in [3.8, 4) is 0 Å². The molecule has 15 heavy (non-hydrogen) atoms. The molecule has 0 spiro atoms. The minimum absolute atomic E-state index is 0.609. The van der Waals surface area contributed by atoms with E-state index in [0.29, 0.717) is 21.7 Å². The molecule has 0 fully saturated rings. The van der Waals surface area contributed by atoms with E-state index in [1.165, 1.54) is 0 Å². The maximum Gasteiger partial charge on any atom is 0.0577 e. The van der Waals surface area contributed by atoms with Crippen LogP contribution < -0.4 is 5.73 Å². The van der Waals surface area contributed by atoms with E-state index in [4.69, 9.17) is 28.9 Å². The fraction of sp³-hybridized carbons (Fsp3) is 0.455. The van der Waals surface area contributed by atoms with Gasteiger partial charge in [0.1, 0.15) is 0 Å². The highest BCUT2D eigenvalue weighted by molar-refractivity contribution is 7.99. The van der Waals surface area contributed by atoms with Crippen LogP contribution in [0.2, 0.25) is 10.0 Å². The van der Waals surface area contributed by atoms with Gasteiger partial charge < -0.3 is 5.73 Å². The summed E-state index contributed by atoms with van der Waals surface area (Å²) in [5.41, 5.74) is 6.24. The van der Waals surface area contributed by atoms with Crippen molar-refractivity contribution in [3.05, 3.63) is 22.2 Å². The minimum atomic E-state index is 0.609. The highest BCUT2D eigenvalue weighted by atomic mass is 35.5. The number of anilines is 1. The van der Waals surface area contributed by atoms with Gasteiger partial charge in [-0.2, -0.15) is 0 Å². The van der Waals surface area contributed by atoms with E-state index >= 15 is 0 Å². The minimum Gasteiger partial charge on any atom is -0.399 e. The van der Waals surface area contributed by atoms with Crippen molar-refractivity contribution in [2.45, 2.75) is 25.2 Å². The molecule has 1 nitrogen and oxygen atoms in total. The van der Waals surface area contributed by atoms with Crippen molar-refractivity contribution < 1.29 is 0 Å². The zero-order valence-corrected chi connectivity index (χ0v) is 11.2. The Morgan fingerprint density at radius 1 is 1.33 bits per heavy atom. The first-order chi connectivity index (χ1) is 7.04. The number of nitrogens with two attached hydrogens (primary N) is 1. The molecule has 84 valence electrons. The summed E-state index contributed by atoms with van der Waals surface area (Å²) in [5.74, 6) is 1.69. The second kappa shape index (κ2) is 5.88. The molecule has 0 aliphatic heterocycles. The Hall–Kier alpha value is -0.0500. The number of benzene rings is 1. The van der Waals surface area contributed by atoms with Gasteiger partial charge in [-0.05, 0) is 18.1 Å². The summed E-state index contributed by atoms with van der Waals surface area (Å²) in [5, 5.41) is 1.29. The summed E-state index contributed by atoms with van der Waals surface area (Å²) in [4.78, 5) is 0.938. The van der Waals surface area contributed by atoms with Gasteiger partial charge in [-0.25, -0.2) is 0 Å². The van der Waals surface area contributed by atoms with E-state index in [0.717, 1.165) is 17.1 Å². The van der Waals surface area contributed by atoms with Gasteiger partial charge in [0.15, 0.2) is 0 Å². The van der Waals surface area contributed by atoms with Crippen LogP contribution in [0.1, 0.15) is 20.3 Å². The maximum atomic E-state index is 6.08. The molecule has 4 heteroatoms. The third kappa shape index (κ3) is 3.78. The first-order valence-corrected chi connectivity index (χ1v) is 6.66. The van der Waals surface area contributed by atoms with Crippen LogP contribution in [0, 0.1) is 5.92 Å². The summed E-state index contributed by atoms with van der Waals surface area (Å²) in [6.07, 6.45) is 1.16. The zero-order valence-electron chi connectivity index (χ0n) is 8.89. The number of halogens is 2. The predicted octanol–water partition coefficient (Wildman–Crippen LogP) is 4.71. The highest BCUT2D eigenvalue weighted by Crippen LogP contribution is 2.36. The molecule has 0 radical (unpaired) electrons. The van der Waals surface area contributed by atoms with Crippen LogP contribution in [0.4, 0.5) is 5.69 Å². The lowest BCUT2D eigenvalue weighted by molar-refractivity contribution is 0.637. The first kappa shape index (κ1) is 13.0. The molecule has 0 bridgehead atoms. The highest BCUT2D eigenvalue weighted by Gasteiger charge is 2.09. The topological polar surface area (TPSA) is 26.0 Å². The van der Waals surface area contributed by atoms with Crippen LogP contribution in [-0.4, -0.2) is 5.75 Å². The third-order valence-corrected chi connectivity index (χ3v) is 4.51. The van der Waals surface area contributed by atoms with Crippen LogP contribution in [0.25, 0.3) is 0 Å². The van der Waals surface area contributed by atoms with Gasteiger partial charge in [0.05, 0.1) is 10.0 Å². The standard InChI is InChI=1S/C11H15Cl2NS/c1-3-7(2)6-15-11-9(12)4-8(14)5-10(11)13/h4-5,7H,3,6,14H2,1-2H3. The molecule has 1 unspecified atom stereocenters. The normalized spacial score (nSPS) is 12.8. The Balaban J connectivity index is 2.77. The predicted molar refractivity (Wildman–Crippen MR) is 71.1 cm³/mol. The van der Waals surface area contributed by atoms with Crippen molar-refractivity contribution in [1.82, 2.24) is 0 Å². The van der Waals surface area contributed by atoms with Gasteiger partial charge in [-0.3, -0.25) is 0 Å². The van der Waals surface area contributed by atoms with Gasteiger partial charge in [0.25, 0.3) is 0 Å². The largest absolute Gasteiger partial charge is 0.399 e. The van der Waals surface area contributed by atoms with E-state index in [-0.39, 0.29) is 0 Å². The fourth-order valence-corrected chi connectivity index (χ4v) is 2.97. The Morgan fingerprint density at radius 2 is 1.87 bits per heavy atom. The summed E-state index contributed by atoms with van der Waals surface area (Å²) in [6, 6.07) is 3.48. The summed E-state index contributed by atoms with van der Waals surface area (Å²) in [6.45, 7) is 4.39. The van der Waals surface area contributed by atoms with E-state index in [1.807, 2.05) is 0 Å². The quantitative estimate of drug-likeness (QED) is 0.629. The molecule has 1 aromatic carbocycles. The SMILES string of the molecule is CCC(C)CSc1c(Cl)cc(N)cc1Cl. The Morgan fingerprint density at radius 3 is 2.33 bits per heavy atom. The average Bonchev–Trinajstić information content (AvgIpc) is 2.15. The molecule has 1 aromatic rings. The van der Waals surface area contributed by atoms with Crippen molar-refractivity contribution in [2.75, 3.05) is 11.5 Å². The Kier molecular flexibility index (Phi) is 5.10. The van der Waals surface area contributed by atoms with E-state index in [9.17, 15) is 0 Å². The van der Waals surface area contributed by atoms with Crippen molar-refractivity contribution in [3.63, 3.8) is 0 Å². The smallest absolute Gasteiger partial charge is 0.0577 e. The molecule has 0 heterocycles. The Bertz CT molecular complexity index is 318. The van der Waals surface area contributed by atoms with Crippen LogP contribution in [0.5, 0.6) is 0 Å². The van der Waals surface area contributed by atoms with E-state index in [2.05, 4.69) is 13.8 Å². The van der Waals surface area contributed by atoms with Crippen molar-refractivity contribution in [1.29, 1.82) is 0 Å². The summed E-state index contributed by atoms with van der Waals surface area (Å²) in [7, 11) is 0. The molecule has 0 amide bonds. The summed E-state index contributed by atoms with van der Waals surface area (Å²) < 4.78 is 0. The van der Waals surface area contributed by atoms with Gasteiger partial charge in [-0.1, -0.05) is 43.5 Å². The maximum absolute atomic E-state index is 6.08. The van der Waals surface area contributed by atoms with Crippen LogP contribution >= 0.6 is 35.0 Å². The lowest BCUT2D eigenvalue weighted by Crippen LogP contribution is -1.96. The lowest BCUT2D eigenvalue weighted by Gasteiger charge is -2.11. The lowest BCUT2D eigenvalue weighted by atomic mass is 10.2. The zero-order chi connectivity index (χ0) is 11.4. The van der Waals surface area contributed by atoms with E-state index in [1.54, 1.807) is 23.9 Å². The third-order valence-electron chi connectivity index (χ3n) is 2.23. The first-order valence-electron chi connectivity index (χ1n) is 4.92. The molecule has 0 aliphatic carbocycles. The number of nitrogen functional groups attached to an aromatic ring is 1. The average molecular weight is 264 g/mol. The van der Waals surface area contributed by atoms with Gasteiger partial charge in [-0.15, -0.1) is 11.8 Å². The number of hydrogen-bond donors (Lipinski definition) is 1. The van der Waals surface area contributed by atoms with Gasteiger partial charge in [0.2, 0.25) is 0 Å². The molecule has 0 saturated carbocycles. The molecule has 2 N–H and O–H groups in total. The monoisotopic (exact) mass is 263 g/mol. The van der Waals surface area contributed by atoms with Crippen molar-refractivity contribution in [2.24, 2.45) is 5.92 Å². The molecular weight excluding hydrogens is 249 g/mol. The number of hydrogen-bond acceptors (Lipinski definition) is 2. The fourth-order valence-electron chi connectivity index (χ4n) is 1.06. The molecule has 0 saturated heterocycles. The van der Waals surface area contributed by atoms with Crippen LogP contribution in [0.3, 0.4) is 0 Å². The van der Waals surface area contributed by atoms with E-state index < -0.39 is 0 Å². The molecular formula is C11H15Cl2NS.